The fourth-order valence-electron chi connectivity index (χ4n) is 6.35. The number of aliphatic imine (C=N–C) groups is 1. The van der Waals surface area contributed by atoms with Crippen LogP contribution in [0.3, 0.4) is 0 Å². The highest BCUT2D eigenvalue weighted by Crippen LogP contribution is 2.38. The van der Waals surface area contributed by atoms with Crippen molar-refractivity contribution in [2.45, 2.75) is 31.7 Å². The van der Waals surface area contributed by atoms with E-state index < -0.39 is 5.97 Å². The summed E-state index contributed by atoms with van der Waals surface area (Å²) in [6, 6.07) is 14.1. The van der Waals surface area contributed by atoms with E-state index in [9.17, 15) is 19.2 Å². The van der Waals surface area contributed by atoms with Gasteiger partial charge in [-0.15, -0.1) is 0 Å². The molecule has 1 fully saturated rings. The number of hydrogen-bond donors (Lipinski definition) is 4. The minimum atomic E-state index is -0.413. The normalized spacial score (nSPS) is 14.7. The zero-order valence-corrected chi connectivity index (χ0v) is 30.8. The number of carbonyl (C=O) groups is 4. The smallest absolute Gasteiger partial charge is 0.355 e. The Hall–Kier alpha value is -5.54. The largest absolute Gasteiger partial charge is 0.493 e. The lowest BCUT2D eigenvalue weighted by atomic mass is 10.1. The van der Waals surface area contributed by atoms with Crippen LogP contribution in [0.2, 0.25) is 0 Å². The third-order valence-electron chi connectivity index (χ3n) is 9.10. The Morgan fingerprint density at radius 2 is 1.72 bits per heavy atom. The zero-order valence-electron chi connectivity index (χ0n) is 29.9. The van der Waals surface area contributed by atoms with Gasteiger partial charge in [0, 0.05) is 75.4 Å². The number of amides is 3. The minimum absolute atomic E-state index is 0.00431. The van der Waals surface area contributed by atoms with Crippen LogP contribution in [0.5, 0.6) is 11.5 Å². The van der Waals surface area contributed by atoms with Crippen molar-refractivity contribution in [1.29, 1.82) is 0 Å². The van der Waals surface area contributed by atoms with Crippen LogP contribution in [0.25, 0.3) is 11.1 Å². The van der Waals surface area contributed by atoms with Gasteiger partial charge in [0.2, 0.25) is 5.91 Å². The Balaban J connectivity index is 0.983. The summed E-state index contributed by atoms with van der Waals surface area (Å²) in [7, 11) is 5.03. The van der Waals surface area contributed by atoms with E-state index in [1.807, 2.05) is 29.4 Å². The molecule has 1 unspecified atom stereocenters. The molecule has 2 aromatic heterocycles. The number of rotatable bonds is 15. The minimum Gasteiger partial charge on any atom is -0.493 e. The molecule has 3 N–H and O–H groups in total. The molecule has 2 aromatic carbocycles. The van der Waals surface area contributed by atoms with Gasteiger partial charge in [-0.3, -0.25) is 19.4 Å². The predicted molar refractivity (Wildman–Crippen MR) is 205 cm³/mol. The van der Waals surface area contributed by atoms with E-state index in [4.69, 9.17) is 14.2 Å². The maximum absolute atomic E-state index is 13.1. The summed E-state index contributed by atoms with van der Waals surface area (Å²) in [6.45, 7) is 1.71. The van der Waals surface area contributed by atoms with Crippen LogP contribution in [0.1, 0.15) is 57.0 Å². The van der Waals surface area contributed by atoms with E-state index in [1.165, 1.54) is 7.11 Å². The van der Waals surface area contributed by atoms with Crippen molar-refractivity contribution >= 4 is 59.6 Å². The standard InChI is InChI=1S/C38H43N7O7S/c1-43-21-25(16-32(43)38(49)52-15-12-39-23-53)24-8-10-26(11-9-24)42-36(47)31-17-27(22-44(31)2)41-35(46)7-5-14-51-34-19-30-29(18-33(34)50-3)37(48)45-13-4-6-28(45)20-40-30/h8-11,16-22,28,39,53H,4-7,12-15,23H2,1-3H3,(H,41,46)(H,42,47). The first-order valence-electron chi connectivity index (χ1n) is 17.4. The van der Waals surface area contributed by atoms with Crippen LogP contribution in [-0.4, -0.2) is 89.3 Å². The maximum Gasteiger partial charge on any atom is 0.355 e. The number of methoxy groups -OCH3 is 1. The van der Waals surface area contributed by atoms with Gasteiger partial charge in [0.1, 0.15) is 18.0 Å². The van der Waals surface area contributed by atoms with E-state index in [0.717, 1.165) is 24.0 Å². The van der Waals surface area contributed by atoms with E-state index in [-0.39, 0.29) is 43.4 Å². The van der Waals surface area contributed by atoms with Gasteiger partial charge in [-0.1, -0.05) is 12.1 Å². The molecule has 4 heterocycles. The summed E-state index contributed by atoms with van der Waals surface area (Å²) in [5, 5.41) is 8.73. The van der Waals surface area contributed by atoms with Gasteiger partial charge in [-0.25, -0.2) is 4.79 Å². The highest BCUT2D eigenvalue weighted by molar-refractivity contribution is 7.80. The van der Waals surface area contributed by atoms with Crippen LogP contribution in [-0.2, 0) is 23.6 Å². The number of hydrogen-bond acceptors (Lipinski definition) is 10. The topological polar surface area (TPSA) is 158 Å². The molecule has 278 valence electrons. The molecule has 3 amide bonds. The molecule has 1 atom stereocenters. The Bertz CT molecular complexity index is 2020. The second-order valence-electron chi connectivity index (χ2n) is 12.8. The number of ether oxygens (including phenoxy) is 3. The third-order valence-corrected chi connectivity index (χ3v) is 9.32. The molecule has 6 rings (SSSR count). The van der Waals surface area contributed by atoms with Crippen molar-refractivity contribution < 1.29 is 33.4 Å². The Labute approximate surface area is 312 Å². The van der Waals surface area contributed by atoms with Crippen molar-refractivity contribution in [3.63, 3.8) is 0 Å². The molecule has 2 aliphatic heterocycles. The third kappa shape index (κ3) is 8.75. The number of thiol groups is 1. The molecule has 1 saturated heterocycles. The fraction of sp³-hybridized carbons (Fsp3) is 0.342. The molecule has 53 heavy (non-hydrogen) atoms. The molecular weight excluding hydrogens is 699 g/mol. The SMILES string of the molecule is COc1cc2c(cc1OCCCC(=O)Nc1cc(C(=O)Nc3ccc(-c4cc(C(=O)OCCNCS)n(C)c4)cc3)n(C)c1)N=CC1CCCN1C2=O. The Kier molecular flexibility index (Phi) is 11.8. The molecule has 2 aliphatic rings. The molecule has 0 saturated carbocycles. The maximum atomic E-state index is 13.1. The Morgan fingerprint density at radius 3 is 2.49 bits per heavy atom. The number of aryl methyl sites for hydroxylation is 2. The molecule has 14 nitrogen and oxygen atoms in total. The molecule has 4 aromatic rings. The van der Waals surface area contributed by atoms with Gasteiger partial charge in [-0.05, 0) is 55.2 Å². The summed E-state index contributed by atoms with van der Waals surface area (Å²) >= 11 is 4.07. The molecule has 0 aliphatic carbocycles. The summed E-state index contributed by atoms with van der Waals surface area (Å²) in [5.41, 5.74) is 4.59. The highest BCUT2D eigenvalue weighted by Gasteiger charge is 2.32. The average Bonchev–Trinajstić information content (AvgIpc) is 3.87. The van der Waals surface area contributed by atoms with Crippen LogP contribution in [0.15, 0.2) is 65.9 Å². The quantitative estimate of drug-likeness (QED) is 0.0572. The van der Waals surface area contributed by atoms with Gasteiger partial charge in [0.25, 0.3) is 11.8 Å². The van der Waals surface area contributed by atoms with Crippen LogP contribution >= 0.6 is 12.6 Å². The first kappa shape index (κ1) is 37.2. The lowest BCUT2D eigenvalue weighted by Crippen LogP contribution is -2.35. The fourth-order valence-corrected chi connectivity index (χ4v) is 6.51. The van der Waals surface area contributed by atoms with Crippen LogP contribution in [0.4, 0.5) is 17.1 Å². The van der Waals surface area contributed by atoms with Crippen molar-refractivity contribution in [1.82, 2.24) is 19.4 Å². The first-order valence-corrected chi connectivity index (χ1v) is 18.0. The summed E-state index contributed by atoms with van der Waals surface area (Å²) < 4.78 is 20.1. The summed E-state index contributed by atoms with van der Waals surface area (Å²) in [5.74, 6) is 0.339. The lowest BCUT2D eigenvalue weighted by molar-refractivity contribution is -0.116. The number of nitrogens with one attached hydrogen (secondary N) is 3. The molecule has 0 radical (unpaired) electrons. The van der Waals surface area contributed by atoms with Gasteiger partial charge in [-0.2, -0.15) is 12.6 Å². The van der Waals surface area contributed by atoms with Crippen molar-refractivity contribution in [2.24, 2.45) is 19.1 Å². The number of aromatic nitrogens is 2. The number of carbonyl (C=O) groups excluding carboxylic acids is 4. The van der Waals surface area contributed by atoms with Gasteiger partial charge >= 0.3 is 5.97 Å². The number of anilines is 2. The van der Waals surface area contributed by atoms with Crippen molar-refractivity contribution in [3.05, 3.63) is 77.9 Å². The molecule has 0 bridgehead atoms. The van der Waals surface area contributed by atoms with E-state index >= 15 is 0 Å². The zero-order chi connectivity index (χ0) is 37.5. The molecule has 15 heteroatoms. The van der Waals surface area contributed by atoms with Crippen LogP contribution in [0, 0.1) is 0 Å². The van der Waals surface area contributed by atoms with Gasteiger partial charge in [0.15, 0.2) is 11.5 Å². The average molecular weight is 742 g/mol. The van der Waals surface area contributed by atoms with Crippen LogP contribution < -0.4 is 25.4 Å². The lowest BCUT2D eigenvalue weighted by Gasteiger charge is -2.20. The second-order valence-corrected chi connectivity index (χ2v) is 13.1. The van der Waals surface area contributed by atoms with Crippen molar-refractivity contribution in [2.75, 3.05) is 49.9 Å². The first-order chi connectivity index (χ1) is 25.6. The second kappa shape index (κ2) is 16.9. The van der Waals surface area contributed by atoms with Crippen molar-refractivity contribution in [3.8, 4) is 22.6 Å². The monoisotopic (exact) mass is 741 g/mol. The predicted octanol–water partition coefficient (Wildman–Crippen LogP) is 5.04. The van der Waals surface area contributed by atoms with E-state index in [2.05, 4.69) is 33.6 Å². The Morgan fingerprint density at radius 1 is 0.925 bits per heavy atom. The van der Waals surface area contributed by atoms with Gasteiger partial charge < -0.3 is 44.2 Å². The van der Waals surface area contributed by atoms with E-state index in [1.54, 1.807) is 65.8 Å². The molecule has 0 spiro atoms. The van der Waals surface area contributed by atoms with Gasteiger partial charge in [0.05, 0.1) is 36.7 Å². The number of esters is 1. The highest BCUT2D eigenvalue weighted by atomic mass is 32.1. The number of benzene rings is 2. The summed E-state index contributed by atoms with van der Waals surface area (Å²) in [6.07, 6.45) is 7.80. The molecular formula is C38H43N7O7S. The number of nitrogens with zero attached hydrogens (tertiary/aromatic N) is 4. The summed E-state index contributed by atoms with van der Waals surface area (Å²) in [4.78, 5) is 57.9. The number of fused-ring (bicyclic) bond motifs is 2. The van der Waals surface area contributed by atoms with E-state index in [0.29, 0.717) is 70.9 Å².